The first kappa shape index (κ1) is 13.5. The Bertz CT molecular complexity index is 480. The van der Waals surface area contributed by atoms with Crippen molar-refractivity contribution in [1.29, 1.82) is 0 Å². The second kappa shape index (κ2) is 5.50. The van der Waals surface area contributed by atoms with Gasteiger partial charge in [-0.15, -0.1) is 0 Å². The van der Waals surface area contributed by atoms with E-state index in [4.69, 9.17) is 0 Å². The maximum atomic E-state index is 9.77. The van der Waals surface area contributed by atoms with E-state index >= 15 is 0 Å². The van der Waals surface area contributed by atoms with Crippen LogP contribution in [0.1, 0.15) is 31.2 Å². The lowest BCUT2D eigenvalue weighted by atomic mass is 10.0. The van der Waals surface area contributed by atoms with E-state index in [-0.39, 0.29) is 11.5 Å². The Morgan fingerprint density at radius 2 is 1.70 bits per heavy atom. The first-order valence-corrected chi connectivity index (χ1v) is 7.35. The average Bonchev–Trinajstić information content (AvgIpc) is 3.29. The summed E-state index contributed by atoms with van der Waals surface area (Å²) in [6.07, 6.45) is 4.97. The van der Waals surface area contributed by atoms with Crippen LogP contribution in [0.2, 0.25) is 0 Å². The minimum atomic E-state index is -0.437. The number of hydrogen-bond acceptors (Lipinski definition) is 5. The minimum absolute atomic E-state index is 0.229. The highest BCUT2D eigenvalue weighted by Gasteiger charge is 2.31. The number of aromatic hydroxyl groups is 3. The molecule has 1 aromatic carbocycles. The summed E-state index contributed by atoms with van der Waals surface area (Å²) in [7, 11) is 0. The summed E-state index contributed by atoms with van der Waals surface area (Å²) in [6, 6.07) is 4.34. The van der Waals surface area contributed by atoms with Gasteiger partial charge in [0.2, 0.25) is 5.75 Å². The van der Waals surface area contributed by atoms with Crippen molar-refractivity contribution >= 4 is 0 Å². The summed E-state index contributed by atoms with van der Waals surface area (Å²) < 4.78 is 0. The van der Waals surface area contributed by atoms with Crippen LogP contribution in [0.15, 0.2) is 12.1 Å². The quantitative estimate of drug-likeness (QED) is 0.628. The van der Waals surface area contributed by atoms with E-state index in [0.29, 0.717) is 18.2 Å². The van der Waals surface area contributed by atoms with Crippen molar-refractivity contribution in [2.45, 2.75) is 44.3 Å². The molecule has 3 rings (SSSR count). The van der Waals surface area contributed by atoms with E-state index in [2.05, 4.69) is 10.2 Å². The molecule has 0 aromatic heterocycles. The molecule has 110 valence electrons. The Balaban J connectivity index is 1.51. The monoisotopic (exact) mass is 278 g/mol. The molecular formula is C15H22N2O3. The van der Waals surface area contributed by atoms with Gasteiger partial charge >= 0.3 is 0 Å². The lowest BCUT2D eigenvalue weighted by molar-refractivity contribution is 0.189. The highest BCUT2D eigenvalue weighted by molar-refractivity contribution is 5.53. The first-order valence-electron chi connectivity index (χ1n) is 7.35. The zero-order valence-corrected chi connectivity index (χ0v) is 11.5. The van der Waals surface area contributed by atoms with Crippen molar-refractivity contribution in [3.05, 3.63) is 17.7 Å². The van der Waals surface area contributed by atoms with Crippen molar-refractivity contribution in [2.24, 2.45) is 0 Å². The van der Waals surface area contributed by atoms with Gasteiger partial charge in [0, 0.05) is 24.2 Å². The molecule has 1 heterocycles. The van der Waals surface area contributed by atoms with Crippen LogP contribution in [0.3, 0.4) is 0 Å². The topological polar surface area (TPSA) is 76.0 Å². The molecule has 2 aliphatic rings. The van der Waals surface area contributed by atoms with Crippen LogP contribution in [0.5, 0.6) is 17.2 Å². The summed E-state index contributed by atoms with van der Waals surface area (Å²) in [5, 5.41) is 32.0. The maximum Gasteiger partial charge on any atom is 0.200 e. The van der Waals surface area contributed by atoms with Gasteiger partial charge in [0.25, 0.3) is 0 Å². The van der Waals surface area contributed by atoms with E-state index < -0.39 is 5.75 Å². The van der Waals surface area contributed by atoms with Crippen LogP contribution in [0.25, 0.3) is 0 Å². The SMILES string of the molecule is Oc1ccc(CNC2CCN(C3CC3)CC2)c(O)c1O. The van der Waals surface area contributed by atoms with Gasteiger partial charge < -0.3 is 25.5 Å². The summed E-state index contributed by atoms with van der Waals surface area (Å²) in [4.78, 5) is 2.57. The Labute approximate surface area is 118 Å². The molecule has 1 aromatic rings. The van der Waals surface area contributed by atoms with Crippen molar-refractivity contribution in [3.63, 3.8) is 0 Å². The molecule has 1 saturated carbocycles. The molecule has 0 atom stereocenters. The lowest BCUT2D eigenvalue weighted by Gasteiger charge is -2.32. The molecule has 4 N–H and O–H groups in total. The molecule has 20 heavy (non-hydrogen) atoms. The Hall–Kier alpha value is -1.46. The molecule has 0 radical (unpaired) electrons. The van der Waals surface area contributed by atoms with Gasteiger partial charge in [0.1, 0.15) is 0 Å². The number of nitrogens with zero attached hydrogens (tertiary/aromatic N) is 1. The predicted molar refractivity (Wildman–Crippen MR) is 75.9 cm³/mol. The number of phenols is 3. The van der Waals surface area contributed by atoms with Gasteiger partial charge in [0.15, 0.2) is 11.5 Å². The molecule has 0 spiro atoms. The molecular weight excluding hydrogens is 256 g/mol. The smallest absolute Gasteiger partial charge is 0.200 e. The Kier molecular flexibility index (Phi) is 3.72. The van der Waals surface area contributed by atoms with Gasteiger partial charge in [-0.05, 0) is 44.8 Å². The van der Waals surface area contributed by atoms with Gasteiger partial charge in [-0.1, -0.05) is 6.07 Å². The van der Waals surface area contributed by atoms with E-state index in [1.54, 1.807) is 6.07 Å². The normalized spacial score (nSPS) is 21.2. The first-order chi connectivity index (χ1) is 9.65. The van der Waals surface area contributed by atoms with Crippen molar-refractivity contribution in [2.75, 3.05) is 13.1 Å². The van der Waals surface area contributed by atoms with Gasteiger partial charge in [0.05, 0.1) is 0 Å². The van der Waals surface area contributed by atoms with E-state index in [9.17, 15) is 15.3 Å². The fourth-order valence-electron chi connectivity index (χ4n) is 2.92. The van der Waals surface area contributed by atoms with Crippen LogP contribution < -0.4 is 5.32 Å². The fraction of sp³-hybridized carbons (Fsp3) is 0.600. The number of piperidine rings is 1. The van der Waals surface area contributed by atoms with E-state index in [1.165, 1.54) is 18.9 Å². The van der Waals surface area contributed by atoms with Crippen LogP contribution in [0, 0.1) is 0 Å². The molecule has 5 nitrogen and oxygen atoms in total. The van der Waals surface area contributed by atoms with Crippen LogP contribution >= 0.6 is 0 Å². The Morgan fingerprint density at radius 1 is 1.00 bits per heavy atom. The number of benzene rings is 1. The third-order valence-electron chi connectivity index (χ3n) is 4.39. The molecule has 0 amide bonds. The van der Waals surface area contributed by atoms with Gasteiger partial charge in [-0.3, -0.25) is 0 Å². The largest absolute Gasteiger partial charge is 0.504 e. The molecule has 1 saturated heterocycles. The Morgan fingerprint density at radius 3 is 2.35 bits per heavy atom. The standard InChI is InChI=1S/C15H22N2O3/c18-13-4-1-10(14(19)15(13)20)9-16-11-5-7-17(8-6-11)12-2-3-12/h1,4,11-12,16,18-20H,2-3,5-9H2. The van der Waals surface area contributed by atoms with E-state index in [0.717, 1.165) is 32.0 Å². The molecule has 5 heteroatoms. The predicted octanol–water partition coefficient (Wildman–Crippen LogP) is 1.52. The zero-order chi connectivity index (χ0) is 14.1. The summed E-state index contributed by atoms with van der Waals surface area (Å²) >= 11 is 0. The van der Waals surface area contributed by atoms with Crippen molar-refractivity contribution in [3.8, 4) is 17.2 Å². The third kappa shape index (κ3) is 2.83. The second-order valence-electron chi connectivity index (χ2n) is 5.86. The summed E-state index contributed by atoms with van der Waals surface area (Å²) in [6.45, 7) is 2.80. The molecule has 1 aliphatic carbocycles. The van der Waals surface area contributed by atoms with Crippen LogP contribution in [-0.2, 0) is 6.54 Å². The number of likely N-dealkylation sites (tertiary alicyclic amines) is 1. The maximum absolute atomic E-state index is 9.77. The molecule has 0 bridgehead atoms. The van der Waals surface area contributed by atoms with Crippen molar-refractivity contribution < 1.29 is 15.3 Å². The van der Waals surface area contributed by atoms with Gasteiger partial charge in [-0.25, -0.2) is 0 Å². The number of hydrogen-bond donors (Lipinski definition) is 4. The zero-order valence-electron chi connectivity index (χ0n) is 11.5. The minimum Gasteiger partial charge on any atom is -0.504 e. The highest BCUT2D eigenvalue weighted by Crippen LogP contribution is 2.37. The van der Waals surface area contributed by atoms with E-state index in [1.807, 2.05) is 0 Å². The summed E-state index contributed by atoms with van der Waals surface area (Å²) in [5.74, 6) is -0.954. The number of nitrogens with one attached hydrogen (secondary N) is 1. The number of phenolic OH excluding ortho intramolecular Hbond substituents is 3. The second-order valence-corrected chi connectivity index (χ2v) is 5.86. The van der Waals surface area contributed by atoms with Crippen molar-refractivity contribution in [1.82, 2.24) is 10.2 Å². The molecule has 0 unspecified atom stereocenters. The summed E-state index contributed by atoms with van der Waals surface area (Å²) in [5.41, 5.74) is 0.616. The highest BCUT2D eigenvalue weighted by atomic mass is 16.3. The van der Waals surface area contributed by atoms with Crippen LogP contribution in [0.4, 0.5) is 0 Å². The van der Waals surface area contributed by atoms with Gasteiger partial charge in [-0.2, -0.15) is 0 Å². The lowest BCUT2D eigenvalue weighted by Crippen LogP contribution is -2.43. The number of rotatable bonds is 4. The molecule has 2 fully saturated rings. The third-order valence-corrected chi connectivity index (χ3v) is 4.39. The fourth-order valence-corrected chi connectivity index (χ4v) is 2.92. The molecule has 1 aliphatic heterocycles. The van der Waals surface area contributed by atoms with Crippen LogP contribution in [-0.4, -0.2) is 45.4 Å². The average molecular weight is 278 g/mol.